The number of halogens is 1. The summed E-state index contributed by atoms with van der Waals surface area (Å²) in [5.74, 6) is -0.178. The zero-order chi connectivity index (χ0) is 11.6. The average molecular weight is 208 g/mol. The fraction of sp³-hybridized carbons (Fsp3) is 0.462. The molecule has 0 N–H and O–H groups in total. The van der Waals surface area contributed by atoms with E-state index >= 15 is 0 Å². The monoisotopic (exact) mass is 208 g/mol. The van der Waals surface area contributed by atoms with Gasteiger partial charge in [0.1, 0.15) is 11.5 Å². The molecule has 82 valence electrons. The smallest absolute Gasteiger partial charge is 0.137 e. The van der Waals surface area contributed by atoms with Crippen LogP contribution < -0.4 is 0 Å². The molecule has 1 unspecified atom stereocenters. The maximum Gasteiger partial charge on any atom is 0.137 e. The lowest BCUT2D eigenvalue weighted by Crippen LogP contribution is -2.16. The summed E-state index contributed by atoms with van der Waals surface area (Å²) in [5, 5.41) is 0. The Morgan fingerprint density at radius 2 is 1.87 bits per heavy atom. The van der Waals surface area contributed by atoms with Gasteiger partial charge in [-0.3, -0.25) is 4.79 Å². The maximum atomic E-state index is 13.9. The lowest BCUT2D eigenvalue weighted by Gasteiger charge is -2.21. The van der Waals surface area contributed by atoms with Crippen LogP contribution in [0.2, 0.25) is 0 Å². The molecule has 0 fully saturated rings. The van der Waals surface area contributed by atoms with Crippen LogP contribution in [0.3, 0.4) is 0 Å². The summed E-state index contributed by atoms with van der Waals surface area (Å²) >= 11 is 0. The lowest BCUT2D eigenvalue weighted by molar-refractivity contribution is -0.118. The molecule has 1 aromatic carbocycles. The third kappa shape index (κ3) is 2.65. The Labute approximate surface area is 90.3 Å². The summed E-state index contributed by atoms with van der Waals surface area (Å²) in [6.45, 7) is 6.37. The van der Waals surface area contributed by atoms with Gasteiger partial charge < -0.3 is 0 Å². The first-order chi connectivity index (χ1) is 6.84. The average Bonchev–Trinajstić information content (AvgIpc) is 2.15. The summed E-state index contributed by atoms with van der Waals surface area (Å²) in [5.41, 5.74) is -0.00877. The van der Waals surface area contributed by atoms with E-state index < -0.39 is 5.67 Å². The van der Waals surface area contributed by atoms with Crippen LogP contribution in [-0.4, -0.2) is 5.78 Å². The van der Waals surface area contributed by atoms with Gasteiger partial charge in [0.05, 0.1) is 0 Å². The number of hydrogen-bond donors (Lipinski definition) is 0. The zero-order valence-corrected chi connectivity index (χ0v) is 9.67. The topological polar surface area (TPSA) is 17.1 Å². The van der Waals surface area contributed by atoms with E-state index in [0.717, 1.165) is 5.56 Å². The van der Waals surface area contributed by atoms with Gasteiger partial charge in [0.15, 0.2) is 0 Å². The highest BCUT2D eigenvalue weighted by atomic mass is 19.1. The van der Waals surface area contributed by atoms with Gasteiger partial charge in [-0.05, 0) is 31.9 Å². The largest absolute Gasteiger partial charge is 0.299 e. The molecular formula is C13H17FO. The Hall–Kier alpha value is -1.18. The molecule has 15 heavy (non-hydrogen) atoms. The molecule has 0 aliphatic rings. The molecule has 0 saturated heterocycles. The molecule has 0 aliphatic heterocycles. The number of carbonyl (C=O) groups is 1. The maximum absolute atomic E-state index is 13.9. The van der Waals surface area contributed by atoms with E-state index in [2.05, 4.69) is 0 Å². The number of carbonyl (C=O) groups excluding carboxylic acids is 1. The predicted octanol–water partition coefficient (Wildman–Crippen LogP) is 3.58. The van der Waals surface area contributed by atoms with Crippen molar-refractivity contribution in [2.24, 2.45) is 0 Å². The second-order valence-electron chi connectivity index (χ2n) is 4.39. The predicted molar refractivity (Wildman–Crippen MR) is 59.7 cm³/mol. The molecule has 0 spiro atoms. The quantitative estimate of drug-likeness (QED) is 0.742. The molecule has 0 saturated carbocycles. The number of alkyl halides is 1. The SMILES string of the molecule is CC(=O)C(C)c1ccccc1C(C)(C)F. The molecule has 0 aliphatic carbocycles. The van der Waals surface area contributed by atoms with Crippen molar-refractivity contribution in [2.75, 3.05) is 0 Å². The fourth-order valence-corrected chi connectivity index (χ4v) is 1.63. The van der Waals surface area contributed by atoms with Crippen molar-refractivity contribution in [1.29, 1.82) is 0 Å². The van der Waals surface area contributed by atoms with Crippen molar-refractivity contribution in [3.8, 4) is 0 Å². The van der Waals surface area contributed by atoms with Gasteiger partial charge in [-0.2, -0.15) is 0 Å². The number of hydrogen-bond acceptors (Lipinski definition) is 1. The molecule has 1 rings (SSSR count). The first-order valence-corrected chi connectivity index (χ1v) is 5.13. The third-order valence-corrected chi connectivity index (χ3v) is 2.68. The van der Waals surface area contributed by atoms with Gasteiger partial charge in [0.2, 0.25) is 0 Å². The molecule has 0 aromatic heterocycles. The summed E-state index contributed by atoms with van der Waals surface area (Å²) in [7, 11) is 0. The van der Waals surface area contributed by atoms with Gasteiger partial charge in [-0.1, -0.05) is 31.2 Å². The molecule has 0 radical (unpaired) electrons. The van der Waals surface area contributed by atoms with Gasteiger partial charge >= 0.3 is 0 Å². The molecule has 1 aromatic rings. The van der Waals surface area contributed by atoms with Crippen LogP contribution in [0.1, 0.15) is 44.7 Å². The van der Waals surface area contributed by atoms with Crippen molar-refractivity contribution < 1.29 is 9.18 Å². The number of rotatable bonds is 3. The third-order valence-electron chi connectivity index (χ3n) is 2.68. The van der Waals surface area contributed by atoms with Crippen molar-refractivity contribution in [3.05, 3.63) is 35.4 Å². The normalized spacial score (nSPS) is 13.7. The van der Waals surface area contributed by atoms with Crippen LogP contribution in [-0.2, 0) is 10.5 Å². The number of benzene rings is 1. The summed E-state index contributed by atoms with van der Waals surface area (Å²) in [6.07, 6.45) is 0. The standard InChI is InChI=1S/C13H17FO/c1-9(10(2)15)11-7-5-6-8-12(11)13(3,4)14/h5-9H,1-4H3. The first kappa shape index (κ1) is 11.9. The van der Waals surface area contributed by atoms with E-state index in [1.54, 1.807) is 12.1 Å². The van der Waals surface area contributed by atoms with E-state index in [4.69, 9.17) is 0 Å². The van der Waals surface area contributed by atoms with Crippen LogP contribution in [0.25, 0.3) is 0 Å². The van der Waals surface area contributed by atoms with Crippen LogP contribution in [0.15, 0.2) is 24.3 Å². The van der Waals surface area contributed by atoms with Crippen molar-refractivity contribution in [2.45, 2.75) is 39.3 Å². The molecule has 2 heteroatoms. The van der Waals surface area contributed by atoms with E-state index in [-0.39, 0.29) is 11.7 Å². The van der Waals surface area contributed by atoms with Crippen LogP contribution in [0.5, 0.6) is 0 Å². The highest BCUT2D eigenvalue weighted by Crippen LogP contribution is 2.32. The van der Waals surface area contributed by atoms with Gasteiger partial charge in [-0.25, -0.2) is 4.39 Å². The van der Waals surface area contributed by atoms with Crippen LogP contribution >= 0.6 is 0 Å². The minimum Gasteiger partial charge on any atom is -0.299 e. The Bertz CT molecular complexity index is 363. The summed E-state index contributed by atoms with van der Waals surface area (Å²) in [6, 6.07) is 7.20. The molecule has 0 amide bonds. The highest BCUT2D eigenvalue weighted by Gasteiger charge is 2.25. The van der Waals surface area contributed by atoms with Gasteiger partial charge in [0.25, 0.3) is 0 Å². The molecule has 1 atom stereocenters. The van der Waals surface area contributed by atoms with Crippen LogP contribution in [0, 0.1) is 0 Å². The second-order valence-corrected chi connectivity index (χ2v) is 4.39. The Balaban J connectivity index is 3.24. The lowest BCUT2D eigenvalue weighted by atomic mass is 9.87. The van der Waals surface area contributed by atoms with E-state index in [1.807, 2.05) is 19.1 Å². The number of Topliss-reactive ketones (excluding diaryl/α,β-unsaturated/α-hetero) is 1. The first-order valence-electron chi connectivity index (χ1n) is 5.13. The van der Waals surface area contributed by atoms with Crippen LogP contribution in [0.4, 0.5) is 4.39 Å². The fourth-order valence-electron chi connectivity index (χ4n) is 1.63. The van der Waals surface area contributed by atoms with Crippen molar-refractivity contribution >= 4 is 5.78 Å². The summed E-state index contributed by atoms with van der Waals surface area (Å²) < 4.78 is 13.9. The second kappa shape index (κ2) is 4.13. The minimum atomic E-state index is -1.40. The number of ketones is 1. The summed E-state index contributed by atoms with van der Waals surface area (Å²) in [4.78, 5) is 11.3. The minimum absolute atomic E-state index is 0.0618. The molecule has 0 heterocycles. The van der Waals surface area contributed by atoms with E-state index in [0.29, 0.717) is 5.56 Å². The Morgan fingerprint density at radius 3 is 2.33 bits per heavy atom. The zero-order valence-electron chi connectivity index (χ0n) is 9.67. The van der Waals surface area contributed by atoms with E-state index in [9.17, 15) is 9.18 Å². The highest BCUT2D eigenvalue weighted by molar-refractivity contribution is 5.83. The Morgan fingerprint density at radius 1 is 1.33 bits per heavy atom. The van der Waals surface area contributed by atoms with Gasteiger partial charge in [-0.15, -0.1) is 0 Å². The van der Waals surface area contributed by atoms with E-state index in [1.165, 1.54) is 20.8 Å². The van der Waals surface area contributed by atoms with Crippen molar-refractivity contribution in [3.63, 3.8) is 0 Å². The Kier molecular flexibility index (Phi) is 3.28. The van der Waals surface area contributed by atoms with Gasteiger partial charge in [0, 0.05) is 5.92 Å². The van der Waals surface area contributed by atoms with Crippen molar-refractivity contribution in [1.82, 2.24) is 0 Å². The molecular weight excluding hydrogens is 191 g/mol. The molecule has 0 bridgehead atoms. The molecule has 1 nitrogen and oxygen atoms in total.